The Kier molecular flexibility index (Phi) is 5.76. The number of benzene rings is 3. The summed E-state index contributed by atoms with van der Waals surface area (Å²) in [5.74, 6) is 1.15. The first kappa shape index (κ1) is 20.8. The van der Waals surface area contributed by atoms with Gasteiger partial charge in [-0.25, -0.2) is 4.68 Å². The lowest BCUT2D eigenvalue weighted by molar-refractivity contribution is 0.0948. The summed E-state index contributed by atoms with van der Waals surface area (Å²) >= 11 is 0. The molecule has 1 N–H and O–H groups in total. The van der Waals surface area contributed by atoms with Gasteiger partial charge in [0.05, 0.1) is 11.9 Å². The first-order valence-corrected chi connectivity index (χ1v) is 10.9. The lowest BCUT2D eigenvalue weighted by atomic mass is 10.1. The van der Waals surface area contributed by atoms with Gasteiger partial charge in [-0.05, 0) is 35.7 Å². The maximum Gasteiger partial charge on any atom is 0.274 e. The van der Waals surface area contributed by atoms with Crippen LogP contribution in [-0.4, -0.2) is 35.4 Å². The number of carbonyl (C=O) groups excluding carboxylic acids is 1. The zero-order chi connectivity index (χ0) is 22.6. The Morgan fingerprint density at radius 3 is 2.42 bits per heavy atom. The summed E-state index contributed by atoms with van der Waals surface area (Å²) in [4.78, 5) is 26.0. The van der Waals surface area contributed by atoms with Crippen molar-refractivity contribution in [3.8, 4) is 11.5 Å². The molecule has 7 heteroatoms. The number of nitrogens with zero attached hydrogens (tertiary/aromatic N) is 2. The number of carbonyl (C=O) groups is 1. The third-order valence-corrected chi connectivity index (χ3v) is 5.56. The molecule has 0 saturated carbocycles. The zero-order valence-corrected chi connectivity index (χ0v) is 18.0. The van der Waals surface area contributed by atoms with Crippen molar-refractivity contribution < 1.29 is 14.3 Å². The standard InChI is InChI=1S/C26H23N3O4/c30-25(27-13-12-18-10-11-22-23(16-18)33-15-14-32-22)24-20-8-4-5-9-21(20)26(31)29(28-24)17-19-6-2-1-3-7-19/h1-11,16H,12-15,17H2,(H,27,30). The van der Waals surface area contributed by atoms with E-state index in [0.29, 0.717) is 43.5 Å². The molecule has 1 aliphatic rings. The summed E-state index contributed by atoms with van der Waals surface area (Å²) in [6.45, 7) is 1.80. The molecule has 5 rings (SSSR count). The van der Waals surface area contributed by atoms with E-state index in [1.807, 2.05) is 48.5 Å². The van der Waals surface area contributed by atoms with E-state index in [2.05, 4.69) is 10.4 Å². The van der Waals surface area contributed by atoms with E-state index in [9.17, 15) is 9.59 Å². The molecule has 4 aromatic rings. The Balaban J connectivity index is 1.36. The highest BCUT2D eigenvalue weighted by atomic mass is 16.6. The molecule has 0 unspecified atom stereocenters. The number of amides is 1. The minimum absolute atomic E-state index is 0.220. The molecule has 7 nitrogen and oxygen atoms in total. The van der Waals surface area contributed by atoms with Crippen LogP contribution in [0.3, 0.4) is 0 Å². The molecule has 2 heterocycles. The van der Waals surface area contributed by atoms with Crippen molar-refractivity contribution in [1.29, 1.82) is 0 Å². The highest BCUT2D eigenvalue weighted by Gasteiger charge is 2.17. The van der Waals surface area contributed by atoms with E-state index in [0.717, 1.165) is 22.6 Å². The summed E-state index contributed by atoms with van der Waals surface area (Å²) in [5.41, 5.74) is 1.99. The molecule has 1 amide bonds. The van der Waals surface area contributed by atoms with Crippen molar-refractivity contribution in [2.45, 2.75) is 13.0 Å². The lowest BCUT2D eigenvalue weighted by Gasteiger charge is -2.19. The number of nitrogens with one attached hydrogen (secondary N) is 1. The highest BCUT2D eigenvalue weighted by Crippen LogP contribution is 2.30. The predicted octanol–water partition coefficient (Wildman–Crippen LogP) is 3.19. The van der Waals surface area contributed by atoms with Crippen molar-refractivity contribution in [2.24, 2.45) is 0 Å². The quantitative estimate of drug-likeness (QED) is 0.497. The zero-order valence-electron chi connectivity index (χ0n) is 18.0. The molecular formula is C26H23N3O4. The average Bonchev–Trinajstić information content (AvgIpc) is 2.86. The van der Waals surface area contributed by atoms with Crippen molar-refractivity contribution in [2.75, 3.05) is 19.8 Å². The summed E-state index contributed by atoms with van der Waals surface area (Å²) in [6.07, 6.45) is 0.629. The Morgan fingerprint density at radius 1 is 0.879 bits per heavy atom. The Morgan fingerprint density at radius 2 is 1.61 bits per heavy atom. The predicted molar refractivity (Wildman–Crippen MR) is 125 cm³/mol. The van der Waals surface area contributed by atoms with Gasteiger partial charge in [0.2, 0.25) is 0 Å². The van der Waals surface area contributed by atoms with Crippen LogP contribution in [0, 0.1) is 0 Å². The molecule has 0 spiro atoms. The molecule has 3 aromatic carbocycles. The number of rotatable bonds is 6. The summed E-state index contributed by atoms with van der Waals surface area (Å²) in [7, 11) is 0. The van der Waals surface area contributed by atoms with Gasteiger partial charge < -0.3 is 14.8 Å². The monoisotopic (exact) mass is 441 g/mol. The van der Waals surface area contributed by atoms with Crippen LogP contribution in [0.5, 0.6) is 11.5 Å². The lowest BCUT2D eigenvalue weighted by Crippen LogP contribution is -2.32. The second-order valence-electron chi connectivity index (χ2n) is 7.83. The van der Waals surface area contributed by atoms with Crippen LogP contribution in [0.25, 0.3) is 10.8 Å². The third-order valence-electron chi connectivity index (χ3n) is 5.56. The summed E-state index contributed by atoms with van der Waals surface area (Å²) in [6, 6.07) is 22.5. The third kappa shape index (κ3) is 4.43. The van der Waals surface area contributed by atoms with Gasteiger partial charge in [-0.1, -0.05) is 54.6 Å². The van der Waals surface area contributed by atoms with Crippen LogP contribution in [0.2, 0.25) is 0 Å². The molecular weight excluding hydrogens is 418 g/mol. The number of hydrogen-bond acceptors (Lipinski definition) is 5. The van der Waals surface area contributed by atoms with Gasteiger partial charge in [-0.2, -0.15) is 5.10 Å². The van der Waals surface area contributed by atoms with Crippen LogP contribution in [-0.2, 0) is 13.0 Å². The van der Waals surface area contributed by atoms with Crippen molar-refractivity contribution in [3.05, 3.63) is 100.0 Å². The molecule has 0 aliphatic carbocycles. The summed E-state index contributed by atoms with van der Waals surface area (Å²) < 4.78 is 12.5. The molecule has 1 aromatic heterocycles. The second-order valence-corrected chi connectivity index (χ2v) is 7.83. The van der Waals surface area contributed by atoms with E-state index < -0.39 is 0 Å². The maximum absolute atomic E-state index is 13.1. The highest BCUT2D eigenvalue weighted by molar-refractivity contribution is 6.04. The van der Waals surface area contributed by atoms with Gasteiger partial charge in [-0.3, -0.25) is 9.59 Å². The smallest absolute Gasteiger partial charge is 0.274 e. The van der Waals surface area contributed by atoms with Gasteiger partial charge in [-0.15, -0.1) is 0 Å². The minimum atomic E-state index is -0.314. The fourth-order valence-electron chi connectivity index (χ4n) is 3.91. The van der Waals surface area contributed by atoms with E-state index in [4.69, 9.17) is 9.47 Å². The normalized spacial score (nSPS) is 12.5. The van der Waals surface area contributed by atoms with Crippen molar-refractivity contribution in [1.82, 2.24) is 15.1 Å². The molecule has 0 saturated heterocycles. The fourth-order valence-corrected chi connectivity index (χ4v) is 3.91. The molecule has 0 atom stereocenters. The molecule has 33 heavy (non-hydrogen) atoms. The Labute approximate surface area is 190 Å². The topological polar surface area (TPSA) is 82.4 Å². The number of hydrogen-bond donors (Lipinski definition) is 1. The van der Waals surface area contributed by atoms with E-state index in [1.54, 1.807) is 24.3 Å². The largest absolute Gasteiger partial charge is 0.486 e. The van der Waals surface area contributed by atoms with Gasteiger partial charge in [0, 0.05) is 11.9 Å². The van der Waals surface area contributed by atoms with Crippen LogP contribution < -0.4 is 20.3 Å². The van der Waals surface area contributed by atoms with Gasteiger partial charge in [0.25, 0.3) is 11.5 Å². The van der Waals surface area contributed by atoms with Gasteiger partial charge in [0.15, 0.2) is 17.2 Å². The maximum atomic E-state index is 13.1. The van der Waals surface area contributed by atoms with Crippen LogP contribution in [0.4, 0.5) is 0 Å². The number of aromatic nitrogens is 2. The molecule has 0 fully saturated rings. The first-order chi connectivity index (χ1) is 16.2. The number of fused-ring (bicyclic) bond motifs is 2. The van der Waals surface area contributed by atoms with Crippen molar-refractivity contribution >= 4 is 16.7 Å². The molecule has 0 radical (unpaired) electrons. The van der Waals surface area contributed by atoms with Gasteiger partial charge in [0.1, 0.15) is 13.2 Å². The van der Waals surface area contributed by atoms with Crippen LogP contribution >= 0.6 is 0 Å². The molecule has 0 bridgehead atoms. The van der Waals surface area contributed by atoms with E-state index >= 15 is 0 Å². The van der Waals surface area contributed by atoms with Crippen LogP contribution in [0.15, 0.2) is 77.6 Å². The second kappa shape index (κ2) is 9.16. The molecule has 166 valence electrons. The Hall–Kier alpha value is -4.13. The van der Waals surface area contributed by atoms with E-state index in [-0.39, 0.29) is 17.2 Å². The Bertz CT molecular complexity index is 1370. The van der Waals surface area contributed by atoms with Crippen molar-refractivity contribution in [3.63, 3.8) is 0 Å². The fraction of sp³-hybridized carbons (Fsp3) is 0.192. The molecule has 1 aliphatic heterocycles. The SMILES string of the molecule is O=C(NCCc1ccc2c(c1)OCCO2)c1nn(Cc2ccccc2)c(=O)c2ccccc12. The van der Waals surface area contributed by atoms with E-state index in [1.165, 1.54) is 4.68 Å². The average molecular weight is 441 g/mol. The summed E-state index contributed by atoms with van der Waals surface area (Å²) in [5, 5.41) is 8.39. The minimum Gasteiger partial charge on any atom is -0.486 e. The van der Waals surface area contributed by atoms with Crippen LogP contribution in [0.1, 0.15) is 21.6 Å². The van der Waals surface area contributed by atoms with Gasteiger partial charge >= 0.3 is 0 Å². The number of ether oxygens (including phenoxy) is 2. The first-order valence-electron chi connectivity index (χ1n) is 10.9.